The molecule has 15 nitrogen and oxygen atoms in total. The number of fused-ring (bicyclic) bond motifs is 1. The minimum absolute atomic E-state index is 0.0466. The van der Waals surface area contributed by atoms with Crippen LogP contribution in [0.25, 0.3) is 10.9 Å². The summed E-state index contributed by atoms with van der Waals surface area (Å²) in [5.74, 6) is -4.95. The lowest BCUT2D eigenvalue weighted by molar-refractivity contribution is -0.143. The molecule has 0 radical (unpaired) electrons. The van der Waals surface area contributed by atoms with Gasteiger partial charge in [0, 0.05) is 36.5 Å². The van der Waals surface area contributed by atoms with Gasteiger partial charge in [0.2, 0.25) is 17.7 Å². The van der Waals surface area contributed by atoms with Gasteiger partial charge in [-0.15, -0.1) is 0 Å². The van der Waals surface area contributed by atoms with Gasteiger partial charge in [-0.05, 0) is 42.9 Å². The molecular weight excluding hydrogens is 596 g/mol. The molecule has 0 saturated heterocycles. The van der Waals surface area contributed by atoms with Crippen molar-refractivity contribution in [2.75, 3.05) is 6.54 Å². The van der Waals surface area contributed by atoms with Gasteiger partial charge in [-0.3, -0.25) is 24.2 Å². The van der Waals surface area contributed by atoms with Gasteiger partial charge in [0.15, 0.2) is 5.96 Å². The molecule has 0 aliphatic carbocycles. The molecule has 46 heavy (non-hydrogen) atoms. The van der Waals surface area contributed by atoms with Crippen LogP contribution in [-0.4, -0.2) is 81.5 Å². The molecule has 3 aromatic rings. The highest BCUT2D eigenvalue weighted by atomic mass is 16.4. The highest BCUT2D eigenvalue weighted by Gasteiger charge is 2.31. The lowest BCUT2D eigenvalue weighted by atomic mass is 10.0. The number of aromatic nitrogens is 1. The van der Waals surface area contributed by atoms with Crippen LogP contribution >= 0.6 is 0 Å². The third kappa shape index (κ3) is 10.9. The van der Waals surface area contributed by atoms with Gasteiger partial charge in [0.05, 0.1) is 6.04 Å². The van der Waals surface area contributed by atoms with E-state index in [-0.39, 0.29) is 38.2 Å². The summed E-state index contributed by atoms with van der Waals surface area (Å²) < 4.78 is 0. The van der Waals surface area contributed by atoms with Crippen molar-refractivity contribution in [1.82, 2.24) is 20.9 Å². The number of hydrogen-bond acceptors (Lipinski definition) is 7. The second-order valence-corrected chi connectivity index (χ2v) is 10.8. The van der Waals surface area contributed by atoms with Crippen molar-refractivity contribution in [2.45, 2.75) is 62.7 Å². The molecule has 1 aromatic heterocycles. The molecule has 4 unspecified atom stereocenters. The van der Waals surface area contributed by atoms with Crippen LogP contribution in [0.5, 0.6) is 0 Å². The summed E-state index contributed by atoms with van der Waals surface area (Å²) in [7, 11) is 0. The second-order valence-electron chi connectivity index (χ2n) is 10.8. The van der Waals surface area contributed by atoms with E-state index in [0.29, 0.717) is 12.0 Å². The average Bonchev–Trinajstić information content (AvgIpc) is 3.42. The zero-order chi connectivity index (χ0) is 33.6. The van der Waals surface area contributed by atoms with Crippen LogP contribution in [0, 0.1) is 0 Å². The van der Waals surface area contributed by atoms with Gasteiger partial charge < -0.3 is 48.3 Å². The standard InChI is InChI=1S/C31H40N8O7/c32-21(15-18-7-2-1-3-8-18)27(42)37-23(11-6-14-35-31(33)34)28(43)39-25(16-19-17-36-22-10-5-4-9-20(19)22)29(44)38-24(30(45)46)12-13-26(40)41/h1-5,7-10,17,21,23-25,36H,6,11-16,32H2,(H,37,42)(H,38,44)(H,39,43)(H,40,41)(H,45,46)(H4,33,34,35). The Labute approximate surface area is 265 Å². The topological polar surface area (TPSA) is 268 Å². The number of carbonyl (C=O) groups is 5. The number of amides is 3. The summed E-state index contributed by atoms with van der Waals surface area (Å²) in [6, 6.07) is 11.5. The van der Waals surface area contributed by atoms with E-state index in [1.54, 1.807) is 12.3 Å². The molecule has 3 rings (SSSR count). The summed E-state index contributed by atoms with van der Waals surface area (Å²) in [6.45, 7) is 0.168. The molecule has 15 heteroatoms. The molecule has 4 atom stereocenters. The maximum absolute atomic E-state index is 13.7. The van der Waals surface area contributed by atoms with Crippen LogP contribution in [0.15, 0.2) is 65.8 Å². The van der Waals surface area contributed by atoms with Crippen molar-refractivity contribution >= 4 is 46.5 Å². The quantitative estimate of drug-likeness (QED) is 0.0501. The largest absolute Gasteiger partial charge is 0.481 e. The van der Waals surface area contributed by atoms with E-state index < -0.39 is 60.2 Å². The van der Waals surface area contributed by atoms with Gasteiger partial charge in [0.1, 0.15) is 18.1 Å². The van der Waals surface area contributed by atoms with E-state index in [2.05, 4.69) is 25.9 Å². The van der Waals surface area contributed by atoms with E-state index >= 15 is 0 Å². The first-order chi connectivity index (χ1) is 21.9. The predicted octanol–water partition coefficient (Wildman–Crippen LogP) is -0.262. The van der Waals surface area contributed by atoms with E-state index in [1.165, 1.54) is 0 Å². The number of aromatic amines is 1. The van der Waals surface area contributed by atoms with Crippen molar-refractivity contribution < 1.29 is 34.2 Å². The highest BCUT2D eigenvalue weighted by Crippen LogP contribution is 2.19. The number of guanidine groups is 1. The molecule has 0 aliphatic heterocycles. The molecule has 1 heterocycles. The van der Waals surface area contributed by atoms with Crippen molar-refractivity contribution in [1.29, 1.82) is 0 Å². The maximum Gasteiger partial charge on any atom is 0.326 e. The minimum atomic E-state index is -1.52. The number of carboxylic acid groups (broad SMARTS) is 2. The normalized spacial score (nSPS) is 13.5. The zero-order valence-electron chi connectivity index (χ0n) is 25.1. The van der Waals surface area contributed by atoms with Gasteiger partial charge in [-0.25, -0.2) is 4.79 Å². The molecular formula is C31H40N8O7. The Balaban J connectivity index is 1.84. The molecule has 0 fully saturated rings. The summed E-state index contributed by atoms with van der Waals surface area (Å²) in [4.78, 5) is 70.2. The van der Waals surface area contributed by atoms with Gasteiger partial charge in [-0.2, -0.15) is 0 Å². The molecule has 0 spiro atoms. The second kappa shape index (κ2) is 17.2. The number of nitrogens with zero attached hydrogens (tertiary/aromatic N) is 1. The predicted molar refractivity (Wildman–Crippen MR) is 170 cm³/mol. The Morgan fingerprint density at radius 2 is 1.41 bits per heavy atom. The SMILES string of the molecule is NC(N)=NCCCC(NC(=O)C(N)Cc1ccccc1)C(=O)NC(Cc1c[nH]c2ccccc12)C(=O)NC(CCC(=O)O)C(=O)O. The third-order valence-corrected chi connectivity index (χ3v) is 7.21. The smallest absolute Gasteiger partial charge is 0.326 e. The van der Waals surface area contributed by atoms with Crippen LogP contribution in [0.2, 0.25) is 0 Å². The number of carbonyl (C=O) groups excluding carboxylic acids is 3. The number of aliphatic carboxylic acids is 2. The number of H-pyrrole nitrogens is 1. The first kappa shape index (κ1) is 35.0. The van der Waals surface area contributed by atoms with Crippen molar-refractivity contribution in [3.05, 3.63) is 71.9 Å². The number of aliphatic imine (C=N–C) groups is 1. The summed E-state index contributed by atoms with van der Waals surface area (Å²) in [5, 5.41) is 27.1. The molecule has 246 valence electrons. The van der Waals surface area contributed by atoms with Crippen LogP contribution in [0.4, 0.5) is 0 Å². The summed E-state index contributed by atoms with van der Waals surface area (Å²) >= 11 is 0. The summed E-state index contributed by atoms with van der Waals surface area (Å²) in [5.41, 5.74) is 19.2. The van der Waals surface area contributed by atoms with Gasteiger partial charge >= 0.3 is 11.9 Å². The summed E-state index contributed by atoms with van der Waals surface area (Å²) in [6.07, 6.45) is 1.36. The Morgan fingerprint density at radius 1 is 0.783 bits per heavy atom. The van der Waals surface area contributed by atoms with Crippen LogP contribution in [0.3, 0.4) is 0 Å². The monoisotopic (exact) mass is 636 g/mol. The third-order valence-electron chi connectivity index (χ3n) is 7.21. The number of carboxylic acids is 2. The Morgan fingerprint density at radius 3 is 2.09 bits per heavy atom. The van der Waals surface area contributed by atoms with Gasteiger partial charge in [-0.1, -0.05) is 48.5 Å². The minimum Gasteiger partial charge on any atom is -0.481 e. The van der Waals surface area contributed by atoms with E-state index in [1.807, 2.05) is 48.5 Å². The van der Waals surface area contributed by atoms with Crippen molar-refractivity contribution in [3.8, 4) is 0 Å². The van der Waals surface area contributed by atoms with Crippen molar-refractivity contribution in [3.63, 3.8) is 0 Å². The van der Waals surface area contributed by atoms with Crippen LogP contribution in [0.1, 0.15) is 36.8 Å². The van der Waals surface area contributed by atoms with E-state index in [0.717, 1.165) is 16.5 Å². The number of para-hydroxylation sites is 1. The number of nitrogens with two attached hydrogens (primary N) is 3. The Bertz CT molecular complexity index is 1540. The number of hydrogen-bond donors (Lipinski definition) is 9. The first-order valence-electron chi connectivity index (χ1n) is 14.7. The fourth-order valence-corrected chi connectivity index (χ4v) is 4.81. The lowest BCUT2D eigenvalue weighted by Crippen LogP contribution is -2.57. The van der Waals surface area contributed by atoms with E-state index in [4.69, 9.17) is 22.3 Å². The van der Waals surface area contributed by atoms with Crippen molar-refractivity contribution in [2.24, 2.45) is 22.2 Å². The first-order valence-corrected chi connectivity index (χ1v) is 14.7. The number of rotatable bonds is 18. The number of nitrogens with one attached hydrogen (secondary N) is 4. The Kier molecular flexibility index (Phi) is 13.1. The molecule has 0 bridgehead atoms. The van der Waals surface area contributed by atoms with Gasteiger partial charge in [0.25, 0.3) is 0 Å². The lowest BCUT2D eigenvalue weighted by Gasteiger charge is -2.25. The molecule has 3 amide bonds. The van der Waals surface area contributed by atoms with Crippen LogP contribution in [-0.2, 0) is 36.8 Å². The molecule has 12 N–H and O–H groups in total. The maximum atomic E-state index is 13.7. The van der Waals surface area contributed by atoms with E-state index in [9.17, 15) is 29.1 Å². The molecule has 2 aromatic carbocycles. The average molecular weight is 637 g/mol. The Hall–Kier alpha value is -5.44. The number of benzene rings is 2. The molecule has 0 aliphatic rings. The van der Waals surface area contributed by atoms with Crippen LogP contribution < -0.4 is 33.2 Å². The fraction of sp³-hybridized carbons (Fsp3) is 0.355. The zero-order valence-corrected chi connectivity index (χ0v) is 25.1. The molecule has 0 saturated carbocycles. The highest BCUT2D eigenvalue weighted by molar-refractivity contribution is 5.95. The fourth-order valence-electron chi connectivity index (χ4n) is 4.81.